The highest BCUT2D eigenvalue weighted by molar-refractivity contribution is 5.95. The summed E-state index contributed by atoms with van der Waals surface area (Å²) >= 11 is 0. The fourth-order valence-corrected chi connectivity index (χ4v) is 4.41. The Morgan fingerprint density at radius 2 is 2.03 bits per heavy atom. The van der Waals surface area contributed by atoms with Crippen LogP contribution in [0.25, 0.3) is 5.65 Å². The highest BCUT2D eigenvalue weighted by Crippen LogP contribution is 2.43. The van der Waals surface area contributed by atoms with Gasteiger partial charge in [-0.1, -0.05) is 40.2 Å². The van der Waals surface area contributed by atoms with E-state index in [2.05, 4.69) is 36.4 Å². The molecule has 1 aliphatic carbocycles. The van der Waals surface area contributed by atoms with Gasteiger partial charge in [-0.2, -0.15) is 0 Å². The first kappa shape index (κ1) is 23.3. The van der Waals surface area contributed by atoms with Gasteiger partial charge in [0.2, 0.25) is 0 Å². The highest BCUT2D eigenvalue weighted by Gasteiger charge is 2.35. The molecule has 2 aromatic heterocycles. The minimum atomic E-state index is -0.270. The van der Waals surface area contributed by atoms with Gasteiger partial charge in [-0.05, 0) is 48.6 Å². The minimum absolute atomic E-state index is 0.140. The number of ether oxygens (including phenoxy) is 1. The normalized spacial score (nSPS) is 20.5. The van der Waals surface area contributed by atoms with Crippen molar-refractivity contribution in [3.8, 4) is 0 Å². The largest absolute Gasteiger partial charge is 0.380 e. The monoisotopic (exact) mass is 428 g/mol. The summed E-state index contributed by atoms with van der Waals surface area (Å²) in [4.78, 5) is 29.7. The third-order valence-electron chi connectivity index (χ3n) is 6.70. The van der Waals surface area contributed by atoms with E-state index in [0.717, 1.165) is 12.8 Å². The summed E-state index contributed by atoms with van der Waals surface area (Å²) in [5.74, 6) is 0.625. The van der Waals surface area contributed by atoms with Crippen LogP contribution in [-0.4, -0.2) is 47.5 Å². The van der Waals surface area contributed by atoms with Crippen molar-refractivity contribution in [1.29, 1.82) is 0 Å². The molecule has 1 aliphatic rings. The van der Waals surface area contributed by atoms with Crippen molar-refractivity contribution in [2.45, 2.75) is 53.4 Å². The number of amides is 2. The van der Waals surface area contributed by atoms with Crippen molar-refractivity contribution in [2.24, 2.45) is 17.3 Å². The molecule has 170 valence electrons. The highest BCUT2D eigenvalue weighted by atomic mass is 16.5. The van der Waals surface area contributed by atoms with Crippen LogP contribution in [-0.2, 0) is 4.74 Å². The van der Waals surface area contributed by atoms with Gasteiger partial charge in [0.25, 0.3) is 11.8 Å². The van der Waals surface area contributed by atoms with Gasteiger partial charge in [-0.15, -0.1) is 0 Å². The van der Waals surface area contributed by atoms with Crippen molar-refractivity contribution in [3.05, 3.63) is 35.8 Å². The average Bonchev–Trinajstić information content (AvgIpc) is 3.19. The zero-order valence-electron chi connectivity index (χ0n) is 19.2. The van der Waals surface area contributed by atoms with E-state index in [1.54, 1.807) is 28.8 Å². The van der Waals surface area contributed by atoms with Crippen LogP contribution in [0.2, 0.25) is 0 Å². The first-order valence-corrected chi connectivity index (χ1v) is 11.5. The number of imidazole rings is 1. The maximum absolute atomic E-state index is 12.9. The number of hydrogen-bond acceptors (Lipinski definition) is 4. The molecule has 2 atom stereocenters. The van der Waals surface area contributed by atoms with Crippen molar-refractivity contribution < 1.29 is 14.3 Å². The molecule has 31 heavy (non-hydrogen) atoms. The predicted octanol–water partition coefficient (Wildman–Crippen LogP) is 3.68. The van der Waals surface area contributed by atoms with Crippen LogP contribution in [0.3, 0.4) is 0 Å². The number of fused-ring (bicyclic) bond motifs is 1. The second-order valence-electron chi connectivity index (χ2n) is 9.27. The second kappa shape index (κ2) is 10.3. The van der Waals surface area contributed by atoms with Gasteiger partial charge in [-0.3, -0.25) is 14.0 Å². The number of pyridine rings is 1. The summed E-state index contributed by atoms with van der Waals surface area (Å²) in [6.45, 7) is 11.2. The van der Waals surface area contributed by atoms with Crippen molar-refractivity contribution in [3.63, 3.8) is 0 Å². The summed E-state index contributed by atoms with van der Waals surface area (Å²) in [6.07, 6.45) is 6.16. The number of nitrogens with zero attached hydrogens (tertiary/aromatic N) is 2. The molecule has 2 amide bonds. The zero-order chi connectivity index (χ0) is 22.4. The number of carbonyl (C=O) groups is 2. The number of rotatable bonds is 9. The van der Waals surface area contributed by atoms with E-state index in [4.69, 9.17) is 4.74 Å². The molecule has 0 aliphatic heterocycles. The van der Waals surface area contributed by atoms with Crippen LogP contribution in [0, 0.1) is 17.3 Å². The van der Waals surface area contributed by atoms with E-state index in [1.807, 2.05) is 6.92 Å². The van der Waals surface area contributed by atoms with Gasteiger partial charge in [0, 0.05) is 25.9 Å². The first-order chi connectivity index (χ1) is 14.8. The molecule has 0 radical (unpaired) electrons. The standard InChI is InChI=1S/C24H36N4O3/c1-5-13-31-14-12-25-22(29)19-16-28-20(9-6-10-21(28)27-19)23(30)26-15-18-8-7-11-24(3,4)17(18)2/h6,9-10,16-18H,5,7-8,11-15H2,1-4H3,(H,25,29)(H,26,30). The summed E-state index contributed by atoms with van der Waals surface area (Å²) in [7, 11) is 0. The van der Waals surface area contributed by atoms with Gasteiger partial charge >= 0.3 is 0 Å². The van der Waals surface area contributed by atoms with E-state index in [0.29, 0.717) is 60.6 Å². The number of aromatic nitrogens is 2. The molecule has 7 heteroatoms. The Bertz CT molecular complexity index is 905. The van der Waals surface area contributed by atoms with Crippen LogP contribution in [0.4, 0.5) is 0 Å². The zero-order valence-corrected chi connectivity index (χ0v) is 19.2. The maximum Gasteiger partial charge on any atom is 0.271 e. The van der Waals surface area contributed by atoms with Gasteiger partial charge in [0.1, 0.15) is 17.0 Å². The predicted molar refractivity (Wildman–Crippen MR) is 121 cm³/mol. The summed E-state index contributed by atoms with van der Waals surface area (Å²) < 4.78 is 7.07. The molecule has 2 heterocycles. The molecule has 0 spiro atoms. The molecular formula is C24H36N4O3. The lowest BCUT2D eigenvalue weighted by Gasteiger charge is -2.42. The molecule has 7 nitrogen and oxygen atoms in total. The fourth-order valence-electron chi connectivity index (χ4n) is 4.41. The lowest BCUT2D eigenvalue weighted by Crippen LogP contribution is -2.40. The lowest BCUT2D eigenvalue weighted by atomic mass is 9.64. The number of nitrogens with one attached hydrogen (secondary N) is 2. The molecular weight excluding hydrogens is 392 g/mol. The Labute approximate surface area is 185 Å². The van der Waals surface area contributed by atoms with E-state index >= 15 is 0 Å². The maximum atomic E-state index is 12.9. The molecule has 1 fully saturated rings. The Morgan fingerprint density at radius 3 is 2.81 bits per heavy atom. The van der Waals surface area contributed by atoms with E-state index in [1.165, 1.54) is 12.8 Å². The van der Waals surface area contributed by atoms with Crippen molar-refractivity contribution in [1.82, 2.24) is 20.0 Å². The molecule has 0 aromatic carbocycles. The number of carbonyl (C=O) groups excluding carboxylic acids is 2. The van der Waals surface area contributed by atoms with Crippen molar-refractivity contribution in [2.75, 3.05) is 26.3 Å². The Morgan fingerprint density at radius 1 is 1.23 bits per heavy atom. The molecule has 2 N–H and O–H groups in total. The summed E-state index contributed by atoms with van der Waals surface area (Å²) in [6, 6.07) is 5.35. The van der Waals surface area contributed by atoms with Crippen LogP contribution in [0.1, 0.15) is 74.4 Å². The van der Waals surface area contributed by atoms with Gasteiger partial charge in [0.05, 0.1) is 6.61 Å². The summed E-state index contributed by atoms with van der Waals surface area (Å²) in [5, 5.41) is 5.92. The second-order valence-corrected chi connectivity index (χ2v) is 9.27. The summed E-state index contributed by atoms with van der Waals surface area (Å²) in [5.41, 5.74) is 1.66. The molecule has 0 bridgehead atoms. The molecule has 3 rings (SSSR count). The van der Waals surface area contributed by atoms with Crippen molar-refractivity contribution >= 4 is 17.5 Å². The molecule has 2 aromatic rings. The van der Waals surface area contributed by atoms with Gasteiger partial charge in [-0.25, -0.2) is 4.98 Å². The minimum Gasteiger partial charge on any atom is -0.380 e. The third kappa shape index (κ3) is 5.64. The quantitative estimate of drug-likeness (QED) is 0.597. The Kier molecular flexibility index (Phi) is 7.70. The van der Waals surface area contributed by atoms with Crippen LogP contribution < -0.4 is 10.6 Å². The van der Waals surface area contributed by atoms with Crippen LogP contribution in [0.15, 0.2) is 24.4 Å². The van der Waals surface area contributed by atoms with Gasteiger partial charge in [0.15, 0.2) is 0 Å². The fraction of sp³-hybridized carbons (Fsp3) is 0.625. The van der Waals surface area contributed by atoms with E-state index < -0.39 is 0 Å². The molecule has 1 saturated carbocycles. The molecule has 0 saturated heterocycles. The molecule has 2 unspecified atom stereocenters. The first-order valence-electron chi connectivity index (χ1n) is 11.5. The Balaban J connectivity index is 1.64. The lowest BCUT2D eigenvalue weighted by molar-refractivity contribution is 0.0785. The third-order valence-corrected chi connectivity index (χ3v) is 6.70. The smallest absolute Gasteiger partial charge is 0.271 e. The topological polar surface area (TPSA) is 84.7 Å². The SMILES string of the molecule is CCCOCCNC(=O)c1cn2c(C(=O)NCC3CCCC(C)(C)C3C)cccc2n1. The van der Waals surface area contributed by atoms with E-state index in [-0.39, 0.29) is 11.8 Å². The average molecular weight is 429 g/mol. The van der Waals surface area contributed by atoms with Crippen LogP contribution >= 0.6 is 0 Å². The van der Waals surface area contributed by atoms with Crippen LogP contribution in [0.5, 0.6) is 0 Å². The number of hydrogen-bond donors (Lipinski definition) is 2. The van der Waals surface area contributed by atoms with Gasteiger partial charge < -0.3 is 15.4 Å². The Hall–Kier alpha value is -2.41. The van der Waals surface area contributed by atoms with E-state index in [9.17, 15) is 9.59 Å².